The van der Waals surface area contributed by atoms with E-state index in [1.165, 1.54) is 5.56 Å². The van der Waals surface area contributed by atoms with Crippen LogP contribution in [0.5, 0.6) is 0 Å². The first kappa shape index (κ1) is 18.0. The molecule has 0 amide bonds. The van der Waals surface area contributed by atoms with E-state index in [-0.39, 0.29) is 5.56 Å². The zero-order valence-electron chi connectivity index (χ0n) is 14.5. The van der Waals surface area contributed by atoms with Gasteiger partial charge in [0.25, 0.3) is 5.56 Å². The van der Waals surface area contributed by atoms with Crippen molar-refractivity contribution in [2.24, 2.45) is 0 Å². The summed E-state index contributed by atoms with van der Waals surface area (Å²) in [4.78, 5) is 17.9. The largest absolute Gasteiger partial charge is 0.283 e. The van der Waals surface area contributed by atoms with E-state index in [2.05, 4.69) is 28.1 Å². The zero-order valence-corrected chi connectivity index (χ0v) is 16.9. The van der Waals surface area contributed by atoms with Crippen LogP contribution in [0.25, 0.3) is 10.9 Å². The van der Waals surface area contributed by atoms with Crippen LogP contribution in [0, 0.1) is 0 Å². The fourth-order valence-electron chi connectivity index (χ4n) is 2.94. The first-order valence-corrected chi connectivity index (χ1v) is 10.4. The third-order valence-electron chi connectivity index (χ3n) is 4.27. The van der Waals surface area contributed by atoms with Crippen LogP contribution in [-0.2, 0) is 12.3 Å². The molecule has 0 aliphatic rings. The van der Waals surface area contributed by atoms with Crippen molar-refractivity contribution in [3.8, 4) is 0 Å². The van der Waals surface area contributed by atoms with Crippen LogP contribution >= 0.6 is 27.7 Å². The molecule has 0 aliphatic carbocycles. The van der Waals surface area contributed by atoms with Gasteiger partial charge in [0.1, 0.15) is 0 Å². The average Bonchev–Trinajstić information content (AvgIpc) is 2.70. The van der Waals surface area contributed by atoms with E-state index in [0.29, 0.717) is 11.9 Å². The number of hydrogen-bond acceptors (Lipinski definition) is 3. The summed E-state index contributed by atoms with van der Waals surface area (Å²) >= 11 is 5.10. The molecule has 3 aromatic carbocycles. The second kappa shape index (κ2) is 8.11. The highest BCUT2D eigenvalue weighted by molar-refractivity contribution is 9.10. The van der Waals surface area contributed by atoms with Crippen molar-refractivity contribution in [2.45, 2.75) is 17.5 Å². The molecular weight excluding hydrogens is 420 g/mol. The molecule has 0 fully saturated rings. The van der Waals surface area contributed by atoms with Gasteiger partial charge in [-0.2, -0.15) is 0 Å². The minimum absolute atomic E-state index is 0.00111. The molecule has 27 heavy (non-hydrogen) atoms. The Morgan fingerprint density at radius 1 is 0.889 bits per heavy atom. The van der Waals surface area contributed by atoms with Gasteiger partial charge in [0.05, 0.1) is 17.4 Å². The Kier molecular flexibility index (Phi) is 5.41. The molecule has 0 N–H and O–H groups in total. The maximum absolute atomic E-state index is 13.1. The summed E-state index contributed by atoms with van der Waals surface area (Å²) in [6.45, 7) is 0.512. The van der Waals surface area contributed by atoms with Crippen molar-refractivity contribution in [2.75, 3.05) is 0 Å². The maximum atomic E-state index is 13.1. The van der Waals surface area contributed by atoms with Gasteiger partial charge in [-0.1, -0.05) is 82.3 Å². The fraction of sp³-hybridized carbons (Fsp3) is 0.0909. The van der Waals surface area contributed by atoms with Crippen LogP contribution in [-0.4, -0.2) is 9.55 Å². The van der Waals surface area contributed by atoms with Gasteiger partial charge in [-0.05, 0) is 35.4 Å². The summed E-state index contributed by atoms with van der Waals surface area (Å²) in [5.41, 5.74) is 3.01. The number of thioether (sulfide) groups is 1. The average molecular weight is 437 g/mol. The molecule has 1 heterocycles. The molecule has 0 saturated heterocycles. The molecule has 0 aliphatic heterocycles. The Balaban J connectivity index is 1.75. The van der Waals surface area contributed by atoms with Gasteiger partial charge in [0, 0.05) is 10.2 Å². The Hall–Kier alpha value is -2.37. The van der Waals surface area contributed by atoms with Crippen molar-refractivity contribution in [3.05, 3.63) is 105 Å². The standard InChI is InChI=1S/C22H17BrN2OS/c23-18-10-6-9-17(13-18)15-27-22-24-20-12-5-4-11-19(20)21(26)25(22)14-16-7-2-1-3-8-16/h1-13H,14-15H2. The maximum Gasteiger partial charge on any atom is 0.262 e. The Morgan fingerprint density at radius 2 is 1.63 bits per heavy atom. The SMILES string of the molecule is O=c1c2ccccc2nc(SCc2cccc(Br)c2)n1Cc1ccccc1. The number of nitrogens with zero attached hydrogens (tertiary/aromatic N) is 2. The summed E-state index contributed by atoms with van der Waals surface area (Å²) in [5, 5.41) is 1.39. The van der Waals surface area contributed by atoms with Crippen molar-refractivity contribution >= 4 is 38.6 Å². The van der Waals surface area contributed by atoms with Crippen LogP contribution in [0.3, 0.4) is 0 Å². The van der Waals surface area contributed by atoms with Gasteiger partial charge < -0.3 is 0 Å². The number of halogens is 1. The Labute approximate surface area is 170 Å². The molecule has 1 aromatic heterocycles. The number of fused-ring (bicyclic) bond motifs is 1. The number of rotatable bonds is 5. The van der Waals surface area contributed by atoms with Crippen LogP contribution in [0.1, 0.15) is 11.1 Å². The van der Waals surface area contributed by atoms with Crippen LogP contribution < -0.4 is 5.56 Å². The number of hydrogen-bond donors (Lipinski definition) is 0. The first-order valence-electron chi connectivity index (χ1n) is 8.61. The molecule has 0 unspecified atom stereocenters. The fourth-order valence-corrected chi connectivity index (χ4v) is 4.33. The molecular formula is C22H17BrN2OS. The number of para-hydroxylation sites is 1. The minimum atomic E-state index is 0.00111. The predicted octanol–water partition coefficient (Wildman–Crippen LogP) is 5.50. The second-order valence-corrected chi connectivity index (χ2v) is 8.07. The van der Waals surface area contributed by atoms with Gasteiger partial charge in [-0.25, -0.2) is 4.98 Å². The van der Waals surface area contributed by atoms with Crippen molar-refractivity contribution in [1.82, 2.24) is 9.55 Å². The van der Waals surface area contributed by atoms with Crippen LogP contribution in [0.2, 0.25) is 0 Å². The third kappa shape index (κ3) is 4.15. The quantitative estimate of drug-likeness (QED) is 0.306. The van der Waals surface area contributed by atoms with Gasteiger partial charge in [0.2, 0.25) is 0 Å². The lowest BCUT2D eigenvalue weighted by molar-refractivity contribution is 0.658. The monoisotopic (exact) mass is 436 g/mol. The smallest absolute Gasteiger partial charge is 0.262 e. The highest BCUT2D eigenvalue weighted by Crippen LogP contribution is 2.24. The normalized spacial score (nSPS) is 11.0. The van der Waals surface area contributed by atoms with Crippen LogP contribution in [0.4, 0.5) is 0 Å². The van der Waals surface area contributed by atoms with Gasteiger partial charge in [-0.3, -0.25) is 9.36 Å². The molecule has 0 bridgehead atoms. The third-order valence-corrected chi connectivity index (χ3v) is 5.81. The van der Waals surface area contributed by atoms with Crippen LogP contribution in [0.15, 0.2) is 93.3 Å². The van der Waals surface area contributed by atoms with E-state index in [4.69, 9.17) is 4.98 Å². The molecule has 3 nitrogen and oxygen atoms in total. The Morgan fingerprint density at radius 3 is 2.44 bits per heavy atom. The van der Waals surface area contributed by atoms with Crippen molar-refractivity contribution in [3.63, 3.8) is 0 Å². The summed E-state index contributed by atoms with van der Waals surface area (Å²) in [5.74, 6) is 0.749. The molecule has 0 atom stereocenters. The first-order chi connectivity index (χ1) is 13.2. The lowest BCUT2D eigenvalue weighted by atomic mass is 10.2. The van der Waals surface area contributed by atoms with E-state index in [1.807, 2.05) is 66.7 Å². The van der Waals surface area contributed by atoms with E-state index in [0.717, 1.165) is 26.5 Å². The molecule has 0 radical (unpaired) electrons. The summed E-state index contributed by atoms with van der Waals surface area (Å²) in [7, 11) is 0. The Bertz CT molecular complexity index is 1140. The molecule has 134 valence electrons. The molecule has 5 heteroatoms. The van der Waals surface area contributed by atoms with Crippen molar-refractivity contribution in [1.29, 1.82) is 0 Å². The molecule has 4 aromatic rings. The lowest BCUT2D eigenvalue weighted by Crippen LogP contribution is -2.24. The topological polar surface area (TPSA) is 34.9 Å². The van der Waals surface area contributed by atoms with Crippen molar-refractivity contribution < 1.29 is 0 Å². The predicted molar refractivity (Wildman–Crippen MR) is 115 cm³/mol. The number of aromatic nitrogens is 2. The van der Waals surface area contributed by atoms with Gasteiger partial charge >= 0.3 is 0 Å². The minimum Gasteiger partial charge on any atom is -0.283 e. The van der Waals surface area contributed by atoms with Gasteiger partial charge in [0.15, 0.2) is 5.16 Å². The zero-order chi connectivity index (χ0) is 18.6. The second-order valence-electron chi connectivity index (χ2n) is 6.21. The highest BCUT2D eigenvalue weighted by Gasteiger charge is 2.12. The summed E-state index contributed by atoms with van der Waals surface area (Å²) < 4.78 is 2.83. The lowest BCUT2D eigenvalue weighted by Gasteiger charge is -2.13. The summed E-state index contributed by atoms with van der Waals surface area (Å²) in [6.07, 6.45) is 0. The number of benzene rings is 3. The van der Waals surface area contributed by atoms with E-state index in [9.17, 15) is 4.79 Å². The van der Waals surface area contributed by atoms with Gasteiger partial charge in [-0.15, -0.1) is 0 Å². The summed E-state index contributed by atoms with van der Waals surface area (Å²) in [6, 6.07) is 25.8. The molecule has 0 spiro atoms. The van der Waals surface area contributed by atoms with E-state index in [1.54, 1.807) is 16.3 Å². The van der Waals surface area contributed by atoms with E-state index >= 15 is 0 Å². The molecule has 0 saturated carbocycles. The highest BCUT2D eigenvalue weighted by atomic mass is 79.9. The molecule has 4 rings (SSSR count). The van der Waals surface area contributed by atoms with E-state index < -0.39 is 0 Å².